The van der Waals surface area contributed by atoms with Gasteiger partial charge in [-0.05, 0) is 30.2 Å². The van der Waals surface area contributed by atoms with Gasteiger partial charge in [0.05, 0.1) is 12.6 Å². The van der Waals surface area contributed by atoms with Gasteiger partial charge in [-0.15, -0.1) is 0 Å². The molecule has 1 fully saturated rings. The first-order valence-electron chi connectivity index (χ1n) is 8.86. The first-order valence-corrected chi connectivity index (χ1v) is 8.86. The fourth-order valence-electron chi connectivity index (χ4n) is 3.05. The fourth-order valence-corrected chi connectivity index (χ4v) is 3.05. The molecule has 1 aliphatic rings. The number of ether oxygens (including phenoxy) is 3. The number of carbonyl (C=O) groups is 1. The number of rotatable bonds is 6. The Morgan fingerprint density at radius 1 is 1.12 bits per heavy atom. The Hall–Kier alpha value is -2.69. The molecule has 0 radical (unpaired) electrons. The Kier molecular flexibility index (Phi) is 5.35. The number of nitrogens with one attached hydrogen (secondary N) is 1. The van der Waals surface area contributed by atoms with E-state index in [-0.39, 0.29) is 11.5 Å². The van der Waals surface area contributed by atoms with Crippen LogP contribution in [-0.4, -0.2) is 19.3 Å². The molecule has 1 N–H and O–H groups in total. The molecular weight excluding hydrogens is 330 g/mol. The Morgan fingerprint density at radius 3 is 2.62 bits per heavy atom. The highest BCUT2D eigenvalue weighted by molar-refractivity contribution is 5.69. The summed E-state index contributed by atoms with van der Waals surface area (Å²) in [5.74, 6) is 1.37. The van der Waals surface area contributed by atoms with Gasteiger partial charge in [-0.3, -0.25) is 0 Å². The number of benzene rings is 2. The normalized spacial score (nSPS) is 18.6. The highest BCUT2D eigenvalue weighted by Crippen LogP contribution is 2.39. The van der Waals surface area contributed by atoms with E-state index in [1.54, 1.807) is 0 Å². The lowest BCUT2D eigenvalue weighted by Gasteiger charge is -2.38. The second-order valence-corrected chi connectivity index (χ2v) is 7.06. The van der Waals surface area contributed by atoms with E-state index >= 15 is 0 Å². The van der Waals surface area contributed by atoms with Crippen LogP contribution in [0.5, 0.6) is 11.5 Å². The highest BCUT2D eigenvalue weighted by atomic mass is 16.6. The maximum absolute atomic E-state index is 11.7. The zero-order valence-corrected chi connectivity index (χ0v) is 15.5. The van der Waals surface area contributed by atoms with Gasteiger partial charge in [0.25, 0.3) is 0 Å². The third kappa shape index (κ3) is 4.10. The van der Waals surface area contributed by atoms with Crippen molar-refractivity contribution < 1.29 is 19.0 Å². The summed E-state index contributed by atoms with van der Waals surface area (Å²) >= 11 is 0. The Labute approximate surface area is 154 Å². The molecule has 0 unspecified atom stereocenters. The van der Waals surface area contributed by atoms with Crippen molar-refractivity contribution >= 4 is 6.09 Å². The molecular formula is C21H25NO4. The first kappa shape index (κ1) is 18.1. The van der Waals surface area contributed by atoms with Crippen LogP contribution in [0.3, 0.4) is 0 Å². The summed E-state index contributed by atoms with van der Waals surface area (Å²) < 4.78 is 16.9. The monoisotopic (exact) mass is 355 g/mol. The summed E-state index contributed by atoms with van der Waals surface area (Å²) in [5.41, 5.74) is 1.85. The van der Waals surface area contributed by atoms with Gasteiger partial charge in [0.2, 0.25) is 0 Å². The number of alkyl carbamates (subject to hydrolysis) is 1. The Balaban J connectivity index is 1.83. The van der Waals surface area contributed by atoms with Gasteiger partial charge in [0, 0.05) is 5.41 Å². The van der Waals surface area contributed by atoms with Crippen molar-refractivity contribution in [1.82, 2.24) is 5.32 Å². The molecule has 0 saturated carbocycles. The quantitative estimate of drug-likeness (QED) is 0.830. The molecule has 1 amide bonds. The van der Waals surface area contributed by atoms with Gasteiger partial charge in [0.15, 0.2) is 11.5 Å². The van der Waals surface area contributed by atoms with Crippen molar-refractivity contribution in [2.45, 2.75) is 33.4 Å². The van der Waals surface area contributed by atoms with E-state index in [1.807, 2.05) is 55.5 Å². The summed E-state index contributed by atoms with van der Waals surface area (Å²) in [6.45, 7) is 7.45. The highest BCUT2D eigenvalue weighted by Gasteiger charge is 2.38. The SMILES string of the molecule is CCOc1cc([C@H]2NC(=O)OCC2(C)C)ccc1OCc1ccccc1. The third-order valence-electron chi connectivity index (χ3n) is 4.46. The third-order valence-corrected chi connectivity index (χ3v) is 4.46. The topological polar surface area (TPSA) is 56.8 Å². The molecule has 5 nitrogen and oxygen atoms in total. The average Bonchev–Trinajstić information content (AvgIpc) is 2.64. The summed E-state index contributed by atoms with van der Waals surface area (Å²) in [4.78, 5) is 11.7. The van der Waals surface area contributed by atoms with Crippen LogP contribution in [-0.2, 0) is 11.3 Å². The van der Waals surface area contributed by atoms with Gasteiger partial charge >= 0.3 is 6.09 Å². The van der Waals surface area contributed by atoms with Crippen molar-refractivity contribution in [1.29, 1.82) is 0 Å². The minimum atomic E-state index is -0.392. The summed E-state index contributed by atoms with van der Waals surface area (Å²) in [7, 11) is 0. The van der Waals surface area contributed by atoms with E-state index in [1.165, 1.54) is 0 Å². The lowest BCUT2D eigenvalue weighted by atomic mass is 9.80. The molecule has 26 heavy (non-hydrogen) atoms. The summed E-state index contributed by atoms with van der Waals surface area (Å²) in [6, 6.07) is 15.7. The van der Waals surface area contributed by atoms with Crippen molar-refractivity contribution in [2.75, 3.05) is 13.2 Å². The van der Waals surface area contributed by atoms with Gasteiger partial charge in [-0.1, -0.05) is 50.2 Å². The Bertz CT molecular complexity index is 758. The smallest absolute Gasteiger partial charge is 0.407 e. The molecule has 1 saturated heterocycles. The molecule has 1 aliphatic heterocycles. The van der Waals surface area contributed by atoms with E-state index in [2.05, 4.69) is 19.2 Å². The van der Waals surface area contributed by atoms with Crippen LogP contribution in [0.25, 0.3) is 0 Å². The van der Waals surface area contributed by atoms with E-state index < -0.39 is 6.09 Å². The van der Waals surface area contributed by atoms with Gasteiger partial charge < -0.3 is 19.5 Å². The van der Waals surface area contributed by atoms with Crippen LogP contribution < -0.4 is 14.8 Å². The predicted molar refractivity (Wildman–Crippen MR) is 99.4 cm³/mol. The maximum atomic E-state index is 11.7. The molecule has 3 rings (SSSR count). The zero-order chi connectivity index (χ0) is 18.6. The number of carbonyl (C=O) groups excluding carboxylic acids is 1. The number of hydrogen-bond donors (Lipinski definition) is 1. The second kappa shape index (κ2) is 7.68. The van der Waals surface area contributed by atoms with Crippen molar-refractivity contribution in [2.24, 2.45) is 5.41 Å². The molecule has 138 valence electrons. The summed E-state index contributed by atoms with van der Waals surface area (Å²) in [5, 5.41) is 2.91. The molecule has 0 aliphatic carbocycles. The Morgan fingerprint density at radius 2 is 1.88 bits per heavy atom. The lowest BCUT2D eigenvalue weighted by molar-refractivity contribution is 0.0386. The van der Waals surface area contributed by atoms with Crippen LogP contribution in [0.4, 0.5) is 4.79 Å². The molecule has 0 aromatic heterocycles. The molecule has 5 heteroatoms. The van der Waals surface area contributed by atoms with Crippen LogP contribution in [0.2, 0.25) is 0 Å². The van der Waals surface area contributed by atoms with Gasteiger partial charge in [-0.2, -0.15) is 0 Å². The van der Waals surface area contributed by atoms with Gasteiger partial charge in [0.1, 0.15) is 13.2 Å². The van der Waals surface area contributed by atoms with Crippen LogP contribution in [0, 0.1) is 5.41 Å². The number of amides is 1. The largest absolute Gasteiger partial charge is 0.490 e. The average molecular weight is 355 g/mol. The molecule has 1 heterocycles. The van der Waals surface area contributed by atoms with E-state index in [0.29, 0.717) is 31.3 Å². The van der Waals surface area contributed by atoms with E-state index in [9.17, 15) is 4.79 Å². The second-order valence-electron chi connectivity index (χ2n) is 7.06. The van der Waals surface area contributed by atoms with Crippen LogP contribution in [0.1, 0.15) is 37.9 Å². The molecule has 1 atom stereocenters. The molecule has 2 aromatic rings. The lowest BCUT2D eigenvalue weighted by Crippen LogP contribution is -2.46. The predicted octanol–water partition coefficient (Wildman–Crippen LogP) is 4.47. The molecule has 0 spiro atoms. The number of cyclic esters (lactones) is 1. The van der Waals surface area contributed by atoms with Crippen LogP contribution in [0.15, 0.2) is 48.5 Å². The van der Waals surface area contributed by atoms with Crippen LogP contribution >= 0.6 is 0 Å². The van der Waals surface area contributed by atoms with Crippen molar-refractivity contribution in [3.05, 3.63) is 59.7 Å². The number of hydrogen-bond acceptors (Lipinski definition) is 4. The standard InChI is InChI=1S/C21H25NO4/c1-4-24-18-12-16(19-21(2,3)14-26-20(23)22-19)10-11-17(18)25-13-15-8-6-5-7-9-15/h5-12,19H,4,13-14H2,1-3H3,(H,22,23)/t19-/m1/s1. The zero-order valence-electron chi connectivity index (χ0n) is 15.5. The summed E-state index contributed by atoms with van der Waals surface area (Å²) in [6.07, 6.45) is -0.392. The maximum Gasteiger partial charge on any atom is 0.407 e. The fraction of sp³-hybridized carbons (Fsp3) is 0.381. The minimum absolute atomic E-state index is 0.147. The molecule has 2 aromatic carbocycles. The minimum Gasteiger partial charge on any atom is -0.490 e. The first-order chi connectivity index (χ1) is 12.5. The van der Waals surface area contributed by atoms with E-state index in [0.717, 1.165) is 11.1 Å². The van der Waals surface area contributed by atoms with Gasteiger partial charge in [-0.25, -0.2) is 4.79 Å². The molecule has 0 bridgehead atoms. The van der Waals surface area contributed by atoms with E-state index in [4.69, 9.17) is 14.2 Å². The van der Waals surface area contributed by atoms with Crippen molar-refractivity contribution in [3.8, 4) is 11.5 Å². The van der Waals surface area contributed by atoms with Crippen molar-refractivity contribution in [3.63, 3.8) is 0 Å².